The van der Waals surface area contributed by atoms with Crippen molar-refractivity contribution in [1.82, 2.24) is 15.1 Å². The van der Waals surface area contributed by atoms with E-state index >= 15 is 0 Å². The Morgan fingerprint density at radius 3 is 2.76 bits per heavy atom. The second-order valence-electron chi connectivity index (χ2n) is 7.16. The first-order valence-electron chi connectivity index (χ1n) is 8.79. The minimum Gasteiger partial charge on any atom is -0.389 e. The molecule has 0 radical (unpaired) electrons. The molecule has 1 aromatic heterocycles. The number of nitrogens with one attached hydrogen (secondary N) is 2. The van der Waals surface area contributed by atoms with Gasteiger partial charge in [-0.15, -0.1) is 0 Å². The van der Waals surface area contributed by atoms with Gasteiger partial charge in [0, 0.05) is 43.9 Å². The van der Waals surface area contributed by atoms with Crippen LogP contribution in [-0.4, -0.2) is 58.0 Å². The highest BCUT2D eigenvalue weighted by molar-refractivity contribution is 5.78. The van der Waals surface area contributed by atoms with Gasteiger partial charge >= 0.3 is 0 Å². The number of amides is 1. The number of aromatic amines is 2. The molecule has 8 heteroatoms. The molecule has 8 nitrogen and oxygen atoms in total. The molecule has 3 rings (SSSR count). The summed E-state index contributed by atoms with van der Waals surface area (Å²) in [5.41, 5.74) is -1.52. The molecule has 2 fully saturated rings. The zero-order chi connectivity index (χ0) is 18.0. The smallest absolute Gasteiger partial charge is 0.266 e. The molecule has 1 aromatic rings. The van der Waals surface area contributed by atoms with Crippen LogP contribution < -0.4 is 11.1 Å². The minimum absolute atomic E-state index is 0.0502. The number of piperidine rings is 1. The van der Waals surface area contributed by atoms with E-state index in [0.29, 0.717) is 32.7 Å². The Kier molecular flexibility index (Phi) is 5.10. The Hall–Kier alpha value is -1.93. The van der Waals surface area contributed by atoms with Crippen LogP contribution in [0.25, 0.3) is 0 Å². The van der Waals surface area contributed by atoms with Gasteiger partial charge in [-0.3, -0.25) is 24.6 Å². The van der Waals surface area contributed by atoms with Crippen molar-refractivity contribution in [3.05, 3.63) is 32.3 Å². The van der Waals surface area contributed by atoms with Crippen molar-refractivity contribution in [3.8, 4) is 0 Å². The van der Waals surface area contributed by atoms with Crippen LogP contribution in [0.1, 0.15) is 31.7 Å². The third-order valence-corrected chi connectivity index (χ3v) is 5.65. The van der Waals surface area contributed by atoms with Gasteiger partial charge in [-0.05, 0) is 25.2 Å². The summed E-state index contributed by atoms with van der Waals surface area (Å²) in [6.07, 6.45) is 2.10. The number of H-pyrrole nitrogens is 2. The van der Waals surface area contributed by atoms with Gasteiger partial charge in [-0.2, -0.15) is 0 Å². The average Bonchev–Trinajstić information content (AvgIpc) is 2.61. The molecule has 2 aliphatic heterocycles. The molecule has 0 saturated carbocycles. The second kappa shape index (κ2) is 7.13. The predicted molar refractivity (Wildman–Crippen MR) is 90.2 cm³/mol. The van der Waals surface area contributed by atoms with Gasteiger partial charge in [-0.1, -0.05) is 6.92 Å². The van der Waals surface area contributed by atoms with E-state index in [1.807, 2.05) is 6.92 Å². The first kappa shape index (κ1) is 17.9. The molecule has 3 N–H and O–H groups in total. The Morgan fingerprint density at radius 1 is 1.36 bits per heavy atom. The molecular weight excluding hydrogens is 326 g/mol. The number of carbonyl (C=O) groups is 1. The maximum atomic E-state index is 12.5. The van der Waals surface area contributed by atoms with Crippen LogP contribution in [0.4, 0.5) is 0 Å². The third kappa shape index (κ3) is 3.69. The number of rotatable bonds is 3. The van der Waals surface area contributed by atoms with Crippen LogP contribution in [0.2, 0.25) is 0 Å². The minimum atomic E-state index is -0.776. The van der Waals surface area contributed by atoms with Gasteiger partial charge in [0.15, 0.2) is 0 Å². The lowest BCUT2D eigenvalue weighted by molar-refractivity contribution is -0.150. The van der Waals surface area contributed by atoms with Crippen molar-refractivity contribution in [2.24, 2.45) is 11.8 Å². The van der Waals surface area contributed by atoms with Crippen LogP contribution in [0, 0.1) is 11.8 Å². The number of aliphatic hydroxyl groups is 1. The molecule has 138 valence electrons. The zero-order valence-electron chi connectivity index (χ0n) is 14.4. The molecule has 0 aliphatic carbocycles. The summed E-state index contributed by atoms with van der Waals surface area (Å²) in [4.78, 5) is 37.2. The number of ether oxygens (including phenoxy) is 1. The Labute approximate surface area is 145 Å². The molecule has 0 bridgehead atoms. The summed E-state index contributed by atoms with van der Waals surface area (Å²) in [6.45, 7) is 4.22. The summed E-state index contributed by atoms with van der Waals surface area (Å²) >= 11 is 0. The number of carbonyl (C=O) groups excluding carboxylic acids is 1. The lowest BCUT2D eigenvalue weighted by atomic mass is 9.70. The van der Waals surface area contributed by atoms with Gasteiger partial charge in [0.2, 0.25) is 5.91 Å². The number of aromatic nitrogens is 2. The van der Waals surface area contributed by atoms with Crippen LogP contribution in [0.5, 0.6) is 0 Å². The van der Waals surface area contributed by atoms with E-state index in [4.69, 9.17) is 4.74 Å². The monoisotopic (exact) mass is 351 g/mol. The predicted octanol–water partition coefficient (Wildman–Crippen LogP) is -0.368. The average molecular weight is 351 g/mol. The molecule has 0 aromatic carbocycles. The molecule has 2 atom stereocenters. The zero-order valence-corrected chi connectivity index (χ0v) is 14.4. The summed E-state index contributed by atoms with van der Waals surface area (Å²) < 4.78 is 5.38. The topological polar surface area (TPSA) is 115 Å². The first-order chi connectivity index (χ1) is 11.9. The third-order valence-electron chi connectivity index (χ3n) is 5.65. The maximum Gasteiger partial charge on any atom is 0.266 e. The van der Waals surface area contributed by atoms with Gasteiger partial charge in [-0.25, -0.2) is 0 Å². The lowest BCUT2D eigenvalue weighted by Crippen LogP contribution is -2.57. The summed E-state index contributed by atoms with van der Waals surface area (Å²) in [6, 6.07) is 1.16. The molecule has 3 heterocycles. The number of hydrogen-bond donors (Lipinski definition) is 3. The van der Waals surface area contributed by atoms with E-state index in [9.17, 15) is 19.5 Å². The molecule has 25 heavy (non-hydrogen) atoms. The molecule has 0 unspecified atom stereocenters. The maximum absolute atomic E-state index is 12.5. The Balaban J connectivity index is 1.65. The van der Waals surface area contributed by atoms with E-state index < -0.39 is 16.7 Å². The van der Waals surface area contributed by atoms with E-state index in [2.05, 4.69) is 10.2 Å². The molecule has 2 saturated heterocycles. The van der Waals surface area contributed by atoms with Crippen LogP contribution in [0.15, 0.2) is 15.7 Å². The largest absolute Gasteiger partial charge is 0.389 e. The Bertz CT molecular complexity index is 736. The van der Waals surface area contributed by atoms with Crippen molar-refractivity contribution in [1.29, 1.82) is 0 Å². The number of likely N-dealkylation sites (tertiary alicyclic amines) is 1. The fourth-order valence-corrected chi connectivity index (χ4v) is 4.04. The highest BCUT2D eigenvalue weighted by Gasteiger charge is 2.45. The second-order valence-corrected chi connectivity index (χ2v) is 7.16. The van der Waals surface area contributed by atoms with Gasteiger partial charge in [0.1, 0.15) is 0 Å². The summed E-state index contributed by atoms with van der Waals surface area (Å²) in [5.74, 6) is -0.0493. The van der Waals surface area contributed by atoms with Crippen LogP contribution in [-0.2, 0) is 16.0 Å². The quantitative estimate of drug-likeness (QED) is 0.687. The molecular formula is C17H25N3O5. The highest BCUT2D eigenvalue weighted by atomic mass is 16.5. The lowest BCUT2D eigenvalue weighted by Gasteiger charge is -2.48. The van der Waals surface area contributed by atoms with Crippen molar-refractivity contribution >= 4 is 5.91 Å². The van der Waals surface area contributed by atoms with E-state index in [0.717, 1.165) is 18.9 Å². The SMILES string of the molecule is C[C@@H]1CN(C(=O)Cc2cc(=O)[nH][nH]c2=O)CC[C@@]1(O)C1CCOCC1. The van der Waals surface area contributed by atoms with Crippen LogP contribution in [0.3, 0.4) is 0 Å². The van der Waals surface area contributed by atoms with E-state index in [-0.39, 0.29) is 29.7 Å². The number of hydrogen-bond acceptors (Lipinski definition) is 5. The standard InChI is InChI=1S/C17H25N3O5/c1-11-10-20(5-4-17(11,24)13-2-6-25-7-3-13)15(22)9-12-8-14(21)18-19-16(12)23/h8,11,13,24H,2-7,9-10H2,1H3,(H,18,21)(H,19,23)/t11-,17+/m1/s1. The molecule has 2 aliphatic rings. The normalized spacial score (nSPS) is 28.1. The van der Waals surface area contributed by atoms with Crippen molar-refractivity contribution in [2.75, 3.05) is 26.3 Å². The van der Waals surface area contributed by atoms with Crippen LogP contribution >= 0.6 is 0 Å². The van der Waals surface area contributed by atoms with Crippen molar-refractivity contribution in [2.45, 2.75) is 38.2 Å². The number of nitrogens with zero attached hydrogens (tertiary/aromatic N) is 1. The van der Waals surface area contributed by atoms with Crippen molar-refractivity contribution in [3.63, 3.8) is 0 Å². The van der Waals surface area contributed by atoms with Gasteiger partial charge < -0.3 is 14.7 Å². The molecule has 0 spiro atoms. The molecule has 1 amide bonds. The summed E-state index contributed by atoms with van der Waals surface area (Å²) in [7, 11) is 0. The van der Waals surface area contributed by atoms with Crippen molar-refractivity contribution < 1.29 is 14.6 Å². The fourth-order valence-electron chi connectivity index (χ4n) is 4.04. The Morgan fingerprint density at radius 2 is 2.08 bits per heavy atom. The van der Waals surface area contributed by atoms with Gasteiger partial charge in [0.05, 0.1) is 12.0 Å². The van der Waals surface area contributed by atoms with Gasteiger partial charge in [0.25, 0.3) is 11.1 Å². The highest BCUT2D eigenvalue weighted by Crippen LogP contribution is 2.39. The fraction of sp³-hybridized carbons (Fsp3) is 0.706. The summed E-state index contributed by atoms with van der Waals surface area (Å²) in [5, 5.41) is 15.6. The van der Waals surface area contributed by atoms with E-state index in [1.54, 1.807) is 4.90 Å². The first-order valence-corrected chi connectivity index (χ1v) is 8.79. The van der Waals surface area contributed by atoms with E-state index in [1.165, 1.54) is 0 Å².